The van der Waals surface area contributed by atoms with Crippen molar-refractivity contribution in [3.8, 4) is 11.1 Å². The number of nitrogens with zero attached hydrogens (tertiary/aromatic N) is 2. The molecule has 0 unspecified atom stereocenters. The summed E-state index contributed by atoms with van der Waals surface area (Å²) in [4.78, 5) is 30.2. The van der Waals surface area contributed by atoms with E-state index in [4.69, 9.17) is 4.52 Å². The minimum Gasteiger partial charge on any atom is -0.338 e. The van der Waals surface area contributed by atoms with Crippen LogP contribution in [0.4, 0.5) is 5.88 Å². The Bertz CT molecular complexity index is 905. The molecule has 0 aliphatic rings. The first-order valence-corrected chi connectivity index (χ1v) is 8.11. The summed E-state index contributed by atoms with van der Waals surface area (Å²) < 4.78 is 5.12. The maximum Gasteiger partial charge on any atom is 0.251 e. The lowest BCUT2D eigenvalue weighted by atomic mass is 10.1. The monoisotopic (exact) mass is 342 g/mol. The smallest absolute Gasteiger partial charge is 0.251 e. The maximum absolute atomic E-state index is 12.1. The number of rotatable bonds is 5. The second-order valence-corrected chi connectivity index (χ2v) is 5.93. The number of aryl methyl sites for hydroxylation is 1. The molecule has 0 radical (unpaired) electrons. The number of nitrogens with one attached hydrogen (secondary N) is 2. The number of aromatic nitrogens is 3. The van der Waals surface area contributed by atoms with Gasteiger partial charge in [0.05, 0.1) is 17.5 Å². The first-order valence-electron chi connectivity index (χ1n) is 7.12. The Kier molecular flexibility index (Phi) is 4.76. The molecule has 122 valence electrons. The highest BCUT2D eigenvalue weighted by atomic mass is 32.2. The Morgan fingerprint density at radius 1 is 1.33 bits per heavy atom. The fraction of sp³-hybridized carbons (Fsp3) is 0.125. The number of hydrogen-bond donors (Lipinski definition) is 2. The van der Waals surface area contributed by atoms with Crippen molar-refractivity contribution in [3.05, 3.63) is 58.6 Å². The van der Waals surface area contributed by atoms with E-state index in [9.17, 15) is 9.59 Å². The molecule has 0 fully saturated rings. The van der Waals surface area contributed by atoms with Crippen molar-refractivity contribution in [2.24, 2.45) is 0 Å². The van der Waals surface area contributed by atoms with Gasteiger partial charge in [0, 0.05) is 11.8 Å². The summed E-state index contributed by atoms with van der Waals surface area (Å²) >= 11 is 1.14. The fourth-order valence-electron chi connectivity index (χ4n) is 2.07. The first kappa shape index (κ1) is 16.0. The van der Waals surface area contributed by atoms with E-state index < -0.39 is 0 Å². The van der Waals surface area contributed by atoms with E-state index in [0.717, 1.165) is 17.3 Å². The van der Waals surface area contributed by atoms with Crippen molar-refractivity contribution in [1.29, 1.82) is 0 Å². The van der Waals surface area contributed by atoms with Gasteiger partial charge in [-0.3, -0.25) is 14.9 Å². The summed E-state index contributed by atoms with van der Waals surface area (Å²) in [6, 6.07) is 10.9. The first-order chi connectivity index (χ1) is 11.6. The van der Waals surface area contributed by atoms with Gasteiger partial charge in [-0.05, 0) is 12.5 Å². The van der Waals surface area contributed by atoms with Gasteiger partial charge in [-0.25, -0.2) is 4.98 Å². The summed E-state index contributed by atoms with van der Waals surface area (Å²) in [6.07, 6.45) is 1.55. The molecule has 0 aliphatic heterocycles. The quantitative estimate of drug-likeness (QED) is 0.546. The molecule has 0 atom stereocenters. The minimum absolute atomic E-state index is 0.0846. The van der Waals surface area contributed by atoms with Crippen LogP contribution in [-0.4, -0.2) is 26.8 Å². The molecule has 0 saturated carbocycles. The van der Waals surface area contributed by atoms with E-state index in [1.807, 2.05) is 30.3 Å². The van der Waals surface area contributed by atoms with E-state index in [2.05, 4.69) is 20.4 Å². The van der Waals surface area contributed by atoms with Gasteiger partial charge in [0.2, 0.25) is 11.8 Å². The molecule has 8 heteroatoms. The summed E-state index contributed by atoms with van der Waals surface area (Å²) in [7, 11) is 0. The molecule has 0 aliphatic carbocycles. The third kappa shape index (κ3) is 3.90. The van der Waals surface area contributed by atoms with E-state index in [0.29, 0.717) is 16.4 Å². The molecule has 2 heterocycles. The molecule has 1 aromatic carbocycles. The summed E-state index contributed by atoms with van der Waals surface area (Å²) in [6.45, 7) is 1.72. The summed E-state index contributed by atoms with van der Waals surface area (Å²) in [5.41, 5.74) is 1.96. The third-order valence-electron chi connectivity index (χ3n) is 3.10. The predicted octanol–water partition coefficient (Wildman–Crippen LogP) is 2.46. The van der Waals surface area contributed by atoms with Crippen LogP contribution in [0.3, 0.4) is 0 Å². The number of benzene rings is 1. The molecule has 7 nitrogen and oxygen atoms in total. The SMILES string of the molecule is Cc1cc(=O)[nH]c(SCC(=O)Nc2oncc2-c2ccccc2)n1. The Hall–Kier alpha value is -2.87. The zero-order valence-corrected chi connectivity index (χ0v) is 13.6. The van der Waals surface area contributed by atoms with E-state index in [1.54, 1.807) is 13.1 Å². The molecular weight excluding hydrogens is 328 g/mol. The second-order valence-electron chi connectivity index (χ2n) is 4.96. The lowest BCUT2D eigenvalue weighted by molar-refractivity contribution is -0.113. The van der Waals surface area contributed by atoms with Crippen LogP contribution in [0, 0.1) is 6.92 Å². The molecule has 0 saturated heterocycles. The molecule has 3 rings (SSSR count). The van der Waals surface area contributed by atoms with Gasteiger partial charge in [-0.1, -0.05) is 47.3 Å². The van der Waals surface area contributed by atoms with Gasteiger partial charge in [0.15, 0.2) is 5.16 Å². The predicted molar refractivity (Wildman–Crippen MR) is 90.9 cm³/mol. The zero-order chi connectivity index (χ0) is 16.9. The van der Waals surface area contributed by atoms with Crippen LogP contribution in [0.5, 0.6) is 0 Å². The van der Waals surface area contributed by atoms with Crippen molar-refractivity contribution < 1.29 is 9.32 Å². The van der Waals surface area contributed by atoms with Crippen LogP contribution < -0.4 is 10.9 Å². The number of anilines is 1. The average molecular weight is 342 g/mol. The molecule has 3 aromatic rings. The van der Waals surface area contributed by atoms with E-state index in [1.165, 1.54) is 6.07 Å². The molecule has 2 N–H and O–H groups in total. The van der Waals surface area contributed by atoms with Crippen molar-refractivity contribution in [2.45, 2.75) is 12.1 Å². The highest BCUT2D eigenvalue weighted by Gasteiger charge is 2.14. The number of hydrogen-bond acceptors (Lipinski definition) is 6. The van der Waals surface area contributed by atoms with Crippen LogP contribution in [0.15, 0.2) is 57.1 Å². The Balaban J connectivity index is 1.66. The number of aromatic amines is 1. The van der Waals surface area contributed by atoms with Crippen molar-refractivity contribution in [2.75, 3.05) is 11.1 Å². The number of carbonyl (C=O) groups excluding carboxylic acids is 1. The van der Waals surface area contributed by atoms with Crippen LogP contribution in [0.2, 0.25) is 0 Å². The largest absolute Gasteiger partial charge is 0.338 e. The molecule has 1 amide bonds. The van der Waals surface area contributed by atoms with Crippen LogP contribution >= 0.6 is 11.8 Å². The van der Waals surface area contributed by atoms with Crippen LogP contribution in [0.1, 0.15) is 5.69 Å². The Morgan fingerprint density at radius 3 is 2.88 bits per heavy atom. The second kappa shape index (κ2) is 7.14. The molecule has 0 spiro atoms. The number of H-pyrrole nitrogens is 1. The van der Waals surface area contributed by atoms with Gasteiger partial charge in [0.25, 0.3) is 5.56 Å². The van der Waals surface area contributed by atoms with Gasteiger partial charge < -0.3 is 9.51 Å². The molecule has 2 aromatic heterocycles. The average Bonchev–Trinajstić information content (AvgIpc) is 3.01. The highest BCUT2D eigenvalue weighted by Crippen LogP contribution is 2.27. The number of carbonyl (C=O) groups is 1. The number of thioether (sulfide) groups is 1. The summed E-state index contributed by atoms with van der Waals surface area (Å²) in [5, 5.41) is 6.82. The standard InChI is InChI=1S/C16H14N4O3S/c1-10-7-13(21)20-16(18-10)24-9-14(22)19-15-12(8-17-23-15)11-5-3-2-4-6-11/h2-8H,9H2,1H3,(H,19,22)(H,18,20,21). The van der Waals surface area contributed by atoms with Crippen molar-refractivity contribution in [3.63, 3.8) is 0 Å². The topological polar surface area (TPSA) is 101 Å². The third-order valence-corrected chi connectivity index (χ3v) is 3.97. The molecular formula is C16H14N4O3S. The van der Waals surface area contributed by atoms with Crippen molar-refractivity contribution >= 4 is 23.6 Å². The maximum atomic E-state index is 12.1. The fourth-order valence-corrected chi connectivity index (χ4v) is 2.79. The zero-order valence-electron chi connectivity index (χ0n) is 12.8. The van der Waals surface area contributed by atoms with Crippen LogP contribution in [0.25, 0.3) is 11.1 Å². The van der Waals surface area contributed by atoms with E-state index in [-0.39, 0.29) is 23.1 Å². The Morgan fingerprint density at radius 2 is 2.12 bits per heavy atom. The lowest BCUT2D eigenvalue weighted by Gasteiger charge is -2.04. The van der Waals surface area contributed by atoms with Gasteiger partial charge >= 0.3 is 0 Å². The van der Waals surface area contributed by atoms with Crippen molar-refractivity contribution in [1.82, 2.24) is 15.1 Å². The van der Waals surface area contributed by atoms with Crippen LogP contribution in [-0.2, 0) is 4.79 Å². The van der Waals surface area contributed by atoms with Gasteiger partial charge in [-0.15, -0.1) is 0 Å². The molecule has 24 heavy (non-hydrogen) atoms. The Labute approximate surface area is 141 Å². The van der Waals surface area contributed by atoms with Gasteiger partial charge in [0.1, 0.15) is 0 Å². The highest BCUT2D eigenvalue weighted by molar-refractivity contribution is 7.99. The molecule has 0 bridgehead atoms. The van der Waals surface area contributed by atoms with E-state index >= 15 is 0 Å². The van der Waals surface area contributed by atoms with Gasteiger partial charge in [-0.2, -0.15) is 0 Å². The summed E-state index contributed by atoms with van der Waals surface area (Å²) in [5.74, 6) is 0.0944. The number of amides is 1. The normalized spacial score (nSPS) is 10.5. The minimum atomic E-state index is -0.280. The lowest BCUT2D eigenvalue weighted by Crippen LogP contribution is -2.15.